The fourth-order valence-electron chi connectivity index (χ4n) is 6.20. The summed E-state index contributed by atoms with van der Waals surface area (Å²) >= 11 is 6.60. The number of rotatable bonds is 1. The first-order valence-electron chi connectivity index (χ1n) is 11.7. The summed E-state index contributed by atoms with van der Waals surface area (Å²) in [6.07, 6.45) is 0. The van der Waals surface area contributed by atoms with Gasteiger partial charge in [0.15, 0.2) is 0 Å². The van der Waals surface area contributed by atoms with Crippen LogP contribution in [0.5, 0.6) is 0 Å². The standard InChI is InChI=1S/C30H27BClN/c1-18-6-11-22(12-7-18)33-26-14-8-19(2)16-25(26)31-24-17-21(32)10-13-23(24)30(4,5)28-20(3)9-15-27(33)29(28)31/h6-17H,1-5H3. The van der Waals surface area contributed by atoms with Gasteiger partial charge in [0.1, 0.15) is 0 Å². The number of halogens is 1. The van der Waals surface area contributed by atoms with Gasteiger partial charge in [0, 0.05) is 27.5 Å². The van der Waals surface area contributed by atoms with Crippen LogP contribution in [-0.2, 0) is 5.41 Å². The molecule has 0 saturated heterocycles. The number of nitrogens with zero attached hydrogens (tertiary/aromatic N) is 1. The second kappa shape index (κ2) is 7.02. The molecule has 0 amide bonds. The Hall–Kier alpha value is -2.97. The molecule has 0 bridgehead atoms. The van der Waals surface area contributed by atoms with E-state index in [1.807, 2.05) is 6.07 Å². The smallest absolute Gasteiger partial charge is 0.247 e. The van der Waals surface area contributed by atoms with E-state index in [0.717, 1.165) is 5.02 Å². The maximum atomic E-state index is 6.60. The normalized spacial score (nSPS) is 15.1. The van der Waals surface area contributed by atoms with Crippen LogP contribution in [0.3, 0.4) is 0 Å². The number of hydrogen-bond acceptors (Lipinski definition) is 1. The lowest BCUT2D eigenvalue weighted by Gasteiger charge is -2.46. The predicted molar refractivity (Wildman–Crippen MR) is 144 cm³/mol. The van der Waals surface area contributed by atoms with Crippen LogP contribution in [0, 0.1) is 20.8 Å². The average Bonchev–Trinajstić information content (AvgIpc) is 2.77. The van der Waals surface area contributed by atoms with E-state index in [2.05, 4.69) is 106 Å². The Balaban J connectivity index is 1.76. The lowest BCUT2D eigenvalue weighted by molar-refractivity contribution is 0.641. The van der Waals surface area contributed by atoms with Gasteiger partial charge in [-0.15, -0.1) is 0 Å². The van der Waals surface area contributed by atoms with Crippen LogP contribution < -0.4 is 21.3 Å². The Morgan fingerprint density at radius 3 is 2.18 bits per heavy atom. The van der Waals surface area contributed by atoms with Gasteiger partial charge in [-0.05, 0) is 84.8 Å². The maximum absolute atomic E-state index is 6.60. The Kier molecular flexibility index (Phi) is 4.39. The molecule has 162 valence electrons. The summed E-state index contributed by atoms with van der Waals surface area (Å²) in [4.78, 5) is 2.45. The Morgan fingerprint density at radius 1 is 0.727 bits per heavy atom. The van der Waals surface area contributed by atoms with E-state index in [0.29, 0.717) is 0 Å². The lowest BCUT2D eigenvalue weighted by atomic mass is 9.30. The van der Waals surface area contributed by atoms with Crippen LogP contribution in [0.2, 0.25) is 5.02 Å². The molecule has 4 aromatic carbocycles. The van der Waals surface area contributed by atoms with E-state index in [9.17, 15) is 0 Å². The minimum atomic E-state index is -0.105. The van der Waals surface area contributed by atoms with Crippen molar-refractivity contribution in [2.24, 2.45) is 0 Å². The van der Waals surface area contributed by atoms with Crippen molar-refractivity contribution in [2.45, 2.75) is 40.0 Å². The molecule has 0 spiro atoms. The van der Waals surface area contributed by atoms with Crippen LogP contribution in [0.15, 0.2) is 72.8 Å². The first kappa shape index (κ1) is 20.6. The van der Waals surface area contributed by atoms with Crippen molar-refractivity contribution in [2.75, 3.05) is 4.90 Å². The third-order valence-corrected chi connectivity index (χ3v) is 7.85. The summed E-state index contributed by atoms with van der Waals surface area (Å²) in [5.41, 5.74) is 14.5. The molecule has 0 fully saturated rings. The van der Waals surface area contributed by atoms with Crippen LogP contribution in [0.25, 0.3) is 0 Å². The molecule has 0 aromatic heterocycles. The highest BCUT2D eigenvalue weighted by atomic mass is 35.5. The van der Waals surface area contributed by atoms with Crippen molar-refractivity contribution in [1.29, 1.82) is 0 Å². The highest BCUT2D eigenvalue weighted by Crippen LogP contribution is 2.43. The van der Waals surface area contributed by atoms with Crippen LogP contribution >= 0.6 is 11.6 Å². The van der Waals surface area contributed by atoms with E-state index in [1.165, 1.54) is 61.3 Å². The van der Waals surface area contributed by atoms with E-state index in [4.69, 9.17) is 11.6 Å². The molecule has 33 heavy (non-hydrogen) atoms. The van der Waals surface area contributed by atoms with Gasteiger partial charge < -0.3 is 4.90 Å². The molecule has 2 heterocycles. The fraction of sp³-hybridized carbons (Fsp3) is 0.200. The molecule has 6 rings (SSSR count). The SMILES string of the molecule is Cc1ccc(N2c3ccc(C)cc3B3c4cc(Cl)ccc4C(C)(C)c4c(C)ccc2c43)cc1. The van der Waals surface area contributed by atoms with Crippen molar-refractivity contribution in [1.82, 2.24) is 0 Å². The van der Waals surface area contributed by atoms with E-state index >= 15 is 0 Å². The lowest BCUT2D eigenvalue weighted by Crippen LogP contribution is -2.64. The minimum absolute atomic E-state index is 0.105. The zero-order chi connectivity index (χ0) is 23.1. The zero-order valence-corrected chi connectivity index (χ0v) is 20.6. The topological polar surface area (TPSA) is 3.24 Å². The van der Waals surface area contributed by atoms with Crippen LogP contribution in [0.4, 0.5) is 17.1 Å². The van der Waals surface area contributed by atoms with E-state index in [1.54, 1.807) is 0 Å². The van der Waals surface area contributed by atoms with Gasteiger partial charge in [0.05, 0.1) is 0 Å². The van der Waals surface area contributed by atoms with E-state index in [-0.39, 0.29) is 12.1 Å². The summed E-state index contributed by atoms with van der Waals surface area (Å²) in [5, 5.41) is 0.803. The highest BCUT2D eigenvalue weighted by molar-refractivity contribution is 6.99. The van der Waals surface area contributed by atoms with Crippen molar-refractivity contribution in [3.63, 3.8) is 0 Å². The number of hydrogen-bond donors (Lipinski definition) is 0. The summed E-state index contributed by atoms with van der Waals surface area (Å²) in [7, 11) is 0. The summed E-state index contributed by atoms with van der Waals surface area (Å²) in [6, 6.07) is 26.9. The highest BCUT2D eigenvalue weighted by Gasteiger charge is 2.46. The first-order valence-corrected chi connectivity index (χ1v) is 12.1. The zero-order valence-electron chi connectivity index (χ0n) is 19.8. The first-order chi connectivity index (χ1) is 15.8. The molecular formula is C30H27BClN. The molecule has 0 radical (unpaired) electrons. The average molecular weight is 448 g/mol. The molecule has 4 aromatic rings. The van der Waals surface area contributed by atoms with Crippen molar-refractivity contribution >= 4 is 51.8 Å². The van der Waals surface area contributed by atoms with E-state index < -0.39 is 0 Å². The van der Waals surface area contributed by atoms with Gasteiger partial charge in [0.25, 0.3) is 0 Å². The van der Waals surface area contributed by atoms with Gasteiger partial charge in [-0.3, -0.25) is 0 Å². The van der Waals surface area contributed by atoms with Crippen molar-refractivity contribution in [3.05, 3.63) is 106 Å². The quantitative estimate of drug-likeness (QED) is 0.276. The molecule has 0 N–H and O–H groups in total. The van der Waals surface area contributed by atoms with Crippen molar-refractivity contribution in [3.8, 4) is 0 Å². The Morgan fingerprint density at radius 2 is 1.42 bits per heavy atom. The summed E-state index contributed by atoms with van der Waals surface area (Å²) < 4.78 is 0. The summed E-state index contributed by atoms with van der Waals surface area (Å²) in [6.45, 7) is 11.5. The third kappa shape index (κ3) is 2.87. The third-order valence-electron chi connectivity index (χ3n) is 7.61. The molecule has 0 aliphatic carbocycles. The van der Waals surface area contributed by atoms with Gasteiger partial charge >= 0.3 is 0 Å². The fourth-order valence-corrected chi connectivity index (χ4v) is 6.38. The maximum Gasteiger partial charge on any atom is 0.247 e. The molecular weight excluding hydrogens is 421 g/mol. The monoisotopic (exact) mass is 447 g/mol. The Bertz CT molecular complexity index is 1430. The van der Waals surface area contributed by atoms with Gasteiger partial charge in [-0.1, -0.05) is 78.4 Å². The molecule has 0 saturated carbocycles. The molecule has 0 unspecified atom stereocenters. The molecule has 3 heteroatoms. The Labute approximate surface area is 202 Å². The number of aryl methyl sites for hydroxylation is 3. The minimum Gasteiger partial charge on any atom is -0.312 e. The summed E-state index contributed by atoms with van der Waals surface area (Å²) in [5.74, 6) is 0. The van der Waals surface area contributed by atoms with Crippen molar-refractivity contribution < 1.29 is 0 Å². The number of benzene rings is 4. The molecule has 1 nitrogen and oxygen atoms in total. The second-order valence-electron chi connectivity index (χ2n) is 10.2. The molecule has 0 atom stereocenters. The largest absolute Gasteiger partial charge is 0.312 e. The van der Waals surface area contributed by atoms with Crippen LogP contribution in [0.1, 0.15) is 41.7 Å². The predicted octanol–water partition coefficient (Wildman–Crippen LogP) is 6.20. The molecule has 2 aliphatic rings. The van der Waals surface area contributed by atoms with Gasteiger partial charge in [-0.2, -0.15) is 0 Å². The molecule has 2 aliphatic heterocycles. The second-order valence-corrected chi connectivity index (χ2v) is 10.6. The number of anilines is 3. The van der Waals surface area contributed by atoms with Crippen LogP contribution in [-0.4, -0.2) is 6.71 Å². The number of fused-ring (bicyclic) bond motifs is 4. The van der Waals surface area contributed by atoms with Gasteiger partial charge in [-0.25, -0.2) is 0 Å². The van der Waals surface area contributed by atoms with Gasteiger partial charge in [0.2, 0.25) is 6.71 Å².